The molecule has 0 radical (unpaired) electrons. The molecular weight excluding hydrogens is 206 g/mol. The Morgan fingerprint density at radius 1 is 1.44 bits per heavy atom. The number of rotatable bonds is 3. The van der Waals surface area contributed by atoms with Gasteiger partial charge in [-0.1, -0.05) is 0 Å². The number of amides is 1. The van der Waals surface area contributed by atoms with Crippen molar-refractivity contribution in [3.63, 3.8) is 0 Å². The second-order valence-corrected chi connectivity index (χ2v) is 4.13. The highest BCUT2D eigenvalue weighted by Gasteiger charge is 2.37. The Morgan fingerprint density at radius 2 is 2.12 bits per heavy atom. The van der Waals surface area contributed by atoms with Crippen LogP contribution in [0.2, 0.25) is 0 Å². The second kappa shape index (κ2) is 5.66. The summed E-state index contributed by atoms with van der Waals surface area (Å²) in [5, 5.41) is 11.4. The van der Waals surface area contributed by atoms with Crippen LogP contribution < -0.4 is 5.32 Å². The van der Waals surface area contributed by atoms with Crippen LogP contribution in [0.25, 0.3) is 0 Å². The van der Waals surface area contributed by atoms with E-state index in [1.54, 1.807) is 7.05 Å². The number of nitrogens with one attached hydrogen (secondary N) is 1. The van der Waals surface area contributed by atoms with Crippen molar-refractivity contribution in [1.82, 2.24) is 5.32 Å². The number of aliphatic hydroxyl groups excluding tert-OH is 1. The van der Waals surface area contributed by atoms with Crippen molar-refractivity contribution in [3.05, 3.63) is 0 Å². The molecular formula is C12H17NO3. The summed E-state index contributed by atoms with van der Waals surface area (Å²) in [5.74, 6) is 1.48. The van der Waals surface area contributed by atoms with Gasteiger partial charge in [0, 0.05) is 24.8 Å². The van der Waals surface area contributed by atoms with Crippen LogP contribution in [0.1, 0.15) is 19.3 Å². The summed E-state index contributed by atoms with van der Waals surface area (Å²) in [4.78, 5) is 23.2. The molecule has 1 aliphatic rings. The zero-order valence-electron chi connectivity index (χ0n) is 9.40. The largest absolute Gasteiger partial charge is 0.389 e. The first-order valence-electron chi connectivity index (χ1n) is 5.45. The van der Waals surface area contributed by atoms with Crippen LogP contribution in [0.15, 0.2) is 0 Å². The lowest BCUT2D eigenvalue weighted by molar-refractivity contribution is -0.137. The highest BCUT2D eigenvalue weighted by Crippen LogP contribution is 2.34. The first kappa shape index (κ1) is 12.7. The first-order chi connectivity index (χ1) is 7.63. The van der Waals surface area contributed by atoms with Gasteiger partial charge in [-0.3, -0.25) is 9.59 Å². The quantitative estimate of drug-likeness (QED) is 0.660. The molecule has 0 saturated heterocycles. The van der Waals surface area contributed by atoms with Crippen LogP contribution in [-0.4, -0.2) is 30.5 Å². The predicted molar refractivity (Wildman–Crippen MR) is 59.3 cm³/mol. The number of hydrogen-bond donors (Lipinski definition) is 2. The van der Waals surface area contributed by atoms with Crippen molar-refractivity contribution in [2.75, 3.05) is 13.7 Å². The molecule has 0 spiro atoms. The van der Waals surface area contributed by atoms with E-state index in [0.717, 1.165) is 6.42 Å². The minimum Gasteiger partial charge on any atom is -0.389 e. The summed E-state index contributed by atoms with van der Waals surface area (Å²) < 4.78 is 0. The number of Topliss-reactive ketones (excluding diaryl/α,β-unsaturated/α-hetero) is 1. The van der Waals surface area contributed by atoms with E-state index >= 15 is 0 Å². The molecule has 1 fully saturated rings. The summed E-state index contributed by atoms with van der Waals surface area (Å²) in [6.07, 6.45) is 7.23. The summed E-state index contributed by atoms with van der Waals surface area (Å²) in [6, 6.07) is 0. The molecule has 0 heterocycles. The topological polar surface area (TPSA) is 66.4 Å². The van der Waals surface area contributed by atoms with Gasteiger partial charge in [0.25, 0.3) is 0 Å². The third-order valence-corrected chi connectivity index (χ3v) is 3.24. The van der Waals surface area contributed by atoms with Gasteiger partial charge < -0.3 is 10.4 Å². The van der Waals surface area contributed by atoms with E-state index in [1.807, 2.05) is 0 Å². The van der Waals surface area contributed by atoms with Crippen LogP contribution in [0.3, 0.4) is 0 Å². The van der Waals surface area contributed by atoms with E-state index < -0.39 is 12.5 Å². The molecule has 2 N–H and O–H groups in total. The first-order valence-corrected chi connectivity index (χ1v) is 5.45. The van der Waals surface area contributed by atoms with Crippen LogP contribution in [0.5, 0.6) is 0 Å². The van der Waals surface area contributed by atoms with Crippen molar-refractivity contribution in [1.29, 1.82) is 0 Å². The lowest BCUT2D eigenvalue weighted by Crippen LogP contribution is -2.41. The van der Waals surface area contributed by atoms with Gasteiger partial charge in [0.1, 0.15) is 6.61 Å². The molecule has 16 heavy (non-hydrogen) atoms. The van der Waals surface area contributed by atoms with Crippen molar-refractivity contribution >= 4 is 11.7 Å². The number of terminal acetylenes is 1. The Kier molecular flexibility index (Phi) is 4.51. The number of ketones is 1. The minimum absolute atomic E-state index is 0.0430. The fourth-order valence-electron chi connectivity index (χ4n) is 2.29. The van der Waals surface area contributed by atoms with Gasteiger partial charge in [0.2, 0.25) is 5.91 Å². The molecule has 1 rings (SSSR count). The second-order valence-electron chi connectivity index (χ2n) is 4.13. The maximum atomic E-state index is 11.6. The SMILES string of the molecule is C#CC1CCC(C(=O)NC)C(C(=O)CO)C1. The number of carbonyl (C=O) groups excluding carboxylic acids is 2. The Bertz CT molecular complexity index is 319. The predicted octanol–water partition coefficient (Wildman–Crippen LogP) is -0.0405. The Morgan fingerprint density at radius 3 is 2.62 bits per heavy atom. The third-order valence-electron chi connectivity index (χ3n) is 3.24. The lowest BCUT2D eigenvalue weighted by atomic mass is 9.72. The van der Waals surface area contributed by atoms with E-state index in [1.165, 1.54) is 0 Å². The van der Waals surface area contributed by atoms with Gasteiger partial charge in [-0.2, -0.15) is 0 Å². The van der Waals surface area contributed by atoms with Gasteiger partial charge in [0.05, 0.1) is 0 Å². The lowest BCUT2D eigenvalue weighted by Gasteiger charge is -2.31. The average molecular weight is 223 g/mol. The summed E-state index contributed by atoms with van der Waals surface area (Å²) in [5.41, 5.74) is 0. The fourth-order valence-corrected chi connectivity index (χ4v) is 2.29. The maximum absolute atomic E-state index is 11.6. The summed E-state index contributed by atoms with van der Waals surface area (Å²) in [6.45, 7) is -0.518. The molecule has 0 bridgehead atoms. The molecule has 1 aliphatic carbocycles. The molecule has 0 aliphatic heterocycles. The van der Waals surface area contributed by atoms with Crippen LogP contribution in [0.4, 0.5) is 0 Å². The van der Waals surface area contributed by atoms with Crippen LogP contribution in [-0.2, 0) is 9.59 Å². The highest BCUT2D eigenvalue weighted by atomic mass is 16.3. The van der Waals surface area contributed by atoms with Crippen molar-refractivity contribution in [3.8, 4) is 12.3 Å². The molecule has 4 nitrogen and oxygen atoms in total. The molecule has 0 aromatic carbocycles. The molecule has 1 amide bonds. The summed E-state index contributed by atoms with van der Waals surface area (Å²) in [7, 11) is 1.55. The van der Waals surface area contributed by atoms with Gasteiger partial charge >= 0.3 is 0 Å². The molecule has 88 valence electrons. The molecule has 4 heteroatoms. The smallest absolute Gasteiger partial charge is 0.223 e. The molecule has 0 aromatic heterocycles. The standard InChI is InChI=1S/C12H17NO3/c1-3-8-4-5-9(12(16)13-2)10(6-8)11(15)7-14/h1,8-10,14H,4-7H2,2H3,(H,13,16). The molecule has 3 unspecified atom stereocenters. The molecule has 0 aromatic rings. The monoisotopic (exact) mass is 223 g/mol. The Balaban J connectivity index is 2.80. The van der Waals surface area contributed by atoms with Crippen molar-refractivity contribution in [2.45, 2.75) is 19.3 Å². The average Bonchev–Trinajstić information content (AvgIpc) is 2.36. The Labute approximate surface area is 95.4 Å². The van der Waals surface area contributed by atoms with Gasteiger partial charge in [0.15, 0.2) is 5.78 Å². The normalized spacial score (nSPS) is 29.2. The molecule has 1 saturated carbocycles. The van der Waals surface area contributed by atoms with E-state index in [0.29, 0.717) is 12.8 Å². The van der Waals surface area contributed by atoms with E-state index in [2.05, 4.69) is 11.2 Å². The minimum atomic E-state index is -0.518. The summed E-state index contributed by atoms with van der Waals surface area (Å²) >= 11 is 0. The van der Waals surface area contributed by atoms with E-state index in [-0.39, 0.29) is 23.5 Å². The fraction of sp³-hybridized carbons (Fsp3) is 0.667. The van der Waals surface area contributed by atoms with Crippen molar-refractivity contribution in [2.24, 2.45) is 17.8 Å². The van der Waals surface area contributed by atoms with Crippen LogP contribution >= 0.6 is 0 Å². The van der Waals surface area contributed by atoms with Crippen LogP contribution in [0, 0.1) is 30.1 Å². The van der Waals surface area contributed by atoms with Gasteiger partial charge in [-0.25, -0.2) is 0 Å². The van der Waals surface area contributed by atoms with Gasteiger partial charge in [-0.05, 0) is 19.3 Å². The highest BCUT2D eigenvalue weighted by molar-refractivity contribution is 5.89. The number of carbonyl (C=O) groups is 2. The Hall–Kier alpha value is -1.34. The molecule has 3 atom stereocenters. The third kappa shape index (κ3) is 2.61. The zero-order valence-corrected chi connectivity index (χ0v) is 9.40. The van der Waals surface area contributed by atoms with E-state index in [9.17, 15) is 9.59 Å². The van der Waals surface area contributed by atoms with Crippen molar-refractivity contribution < 1.29 is 14.7 Å². The van der Waals surface area contributed by atoms with E-state index in [4.69, 9.17) is 11.5 Å². The van der Waals surface area contributed by atoms with Gasteiger partial charge in [-0.15, -0.1) is 12.3 Å². The maximum Gasteiger partial charge on any atom is 0.223 e. The number of hydrogen-bond acceptors (Lipinski definition) is 3. The zero-order chi connectivity index (χ0) is 12.1. The number of aliphatic hydroxyl groups is 1.